The Bertz CT molecular complexity index is 1470. The maximum Gasteiger partial charge on any atom is 0.269 e. The first-order valence-electron chi connectivity index (χ1n) is 9.67. The highest BCUT2D eigenvalue weighted by Crippen LogP contribution is 2.21. The van der Waals surface area contributed by atoms with E-state index < -0.39 is 11.4 Å². The van der Waals surface area contributed by atoms with Gasteiger partial charge in [0.2, 0.25) is 0 Å². The molecule has 154 valence electrons. The zero-order valence-electron chi connectivity index (χ0n) is 16.8. The molecule has 0 bridgehead atoms. The van der Waals surface area contributed by atoms with Crippen molar-refractivity contribution in [3.05, 3.63) is 99.9 Å². The lowest BCUT2D eigenvalue weighted by molar-refractivity contribution is 0.370. The Morgan fingerprint density at radius 1 is 1.09 bits per heavy atom. The van der Waals surface area contributed by atoms with Gasteiger partial charge in [0.25, 0.3) is 5.56 Å². The van der Waals surface area contributed by atoms with Crippen LogP contribution in [0.1, 0.15) is 17.0 Å². The standard InChI is InChI=1S/C26H16FN3O2/c1-2-15-32-21-6-3-5-20(16-21)30-24(14-13-18-9-11-19(17-28)12-10-18)29-23-8-4-7-22(27)25(23)26(30)31/h1,3-14,16H,15H2/b14-13+. The van der Waals surface area contributed by atoms with Crippen molar-refractivity contribution >= 4 is 23.1 Å². The number of nitriles is 1. The van der Waals surface area contributed by atoms with Crippen LogP contribution in [0.25, 0.3) is 28.7 Å². The van der Waals surface area contributed by atoms with E-state index in [0.29, 0.717) is 22.8 Å². The fourth-order valence-electron chi connectivity index (χ4n) is 3.25. The minimum atomic E-state index is -0.642. The van der Waals surface area contributed by atoms with Gasteiger partial charge >= 0.3 is 0 Å². The first-order chi connectivity index (χ1) is 15.6. The molecule has 1 heterocycles. The predicted molar refractivity (Wildman–Crippen MR) is 122 cm³/mol. The normalized spacial score (nSPS) is 10.7. The van der Waals surface area contributed by atoms with Crippen LogP contribution in [-0.4, -0.2) is 16.2 Å². The third kappa shape index (κ3) is 4.12. The molecule has 0 unspecified atom stereocenters. The summed E-state index contributed by atoms with van der Waals surface area (Å²) in [7, 11) is 0. The van der Waals surface area contributed by atoms with E-state index in [1.54, 1.807) is 66.7 Å². The van der Waals surface area contributed by atoms with Gasteiger partial charge in [0.1, 0.15) is 29.4 Å². The van der Waals surface area contributed by atoms with E-state index in [0.717, 1.165) is 5.56 Å². The summed E-state index contributed by atoms with van der Waals surface area (Å²) >= 11 is 0. The molecule has 6 heteroatoms. The van der Waals surface area contributed by atoms with Gasteiger partial charge in [-0.3, -0.25) is 9.36 Å². The Morgan fingerprint density at radius 2 is 1.88 bits per heavy atom. The van der Waals surface area contributed by atoms with E-state index >= 15 is 0 Å². The minimum absolute atomic E-state index is 0.0778. The smallest absolute Gasteiger partial charge is 0.269 e. The molecule has 5 nitrogen and oxygen atoms in total. The molecule has 0 fully saturated rings. The number of ether oxygens (including phenoxy) is 1. The molecule has 0 N–H and O–H groups in total. The van der Waals surface area contributed by atoms with Gasteiger partial charge in [-0.05, 0) is 48.0 Å². The largest absolute Gasteiger partial charge is 0.481 e. The van der Waals surface area contributed by atoms with Crippen molar-refractivity contribution in [2.75, 3.05) is 6.61 Å². The zero-order valence-corrected chi connectivity index (χ0v) is 16.8. The number of terminal acetylenes is 1. The van der Waals surface area contributed by atoms with E-state index in [9.17, 15) is 9.18 Å². The van der Waals surface area contributed by atoms with Gasteiger partial charge in [0.15, 0.2) is 0 Å². The van der Waals surface area contributed by atoms with Crippen molar-refractivity contribution in [2.45, 2.75) is 0 Å². The van der Waals surface area contributed by atoms with E-state index in [2.05, 4.69) is 17.0 Å². The highest BCUT2D eigenvalue weighted by atomic mass is 19.1. The van der Waals surface area contributed by atoms with E-state index in [4.69, 9.17) is 16.4 Å². The third-order valence-electron chi connectivity index (χ3n) is 4.74. The maximum absolute atomic E-state index is 14.5. The second-order valence-electron chi connectivity index (χ2n) is 6.80. The maximum atomic E-state index is 14.5. The lowest BCUT2D eigenvalue weighted by Gasteiger charge is -2.13. The molecule has 0 atom stereocenters. The Balaban J connectivity index is 1.90. The average Bonchev–Trinajstić information content (AvgIpc) is 2.82. The summed E-state index contributed by atoms with van der Waals surface area (Å²) < 4.78 is 21.3. The van der Waals surface area contributed by atoms with Crippen molar-refractivity contribution in [1.29, 1.82) is 5.26 Å². The SMILES string of the molecule is C#CCOc1cccc(-n2c(/C=C/c3ccc(C#N)cc3)nc3cccc(F)c3c2=O)c1. The fourth-order valence-corrected chi connectivity index (χ4v) is 3.25. The minimum Gasteiger partial charge on any atom is -0.481 e. The molecule has 0 spiro atoms. The molecule has 4 rings (SSSR count). The number of halogens is 1. The number of nitrogens with zero attached hydrogens (tertiary/aromatic N) is 3. The van der Waals surface area contributed by atoms with Crippen molar-refractivity contribution < 1.29 is 9.13 Å². The van der Waals surface area contributed by atoms with Gasteiger partial charge < -0.3 is 4.74 Å². The predicted octanol–water partition coefficient (Wildman–Crippen LogP) is 4.58. The molecule has 3 aromatic carbocycles. The highest BCUT2D eigenvalue weighted by Gasteiger charge is 2.15. The quantitative estimate of drug-likeness (QED) is 0.443. The highest BCUT2D eigenvalue weighted by molar-refractivity contribution is 5.80. The van der Waals surface area contributed by atoms with Crippen LogP contribution in [0.2, 0.25) is 0 Å². The number of fused-ring (bicyclic) bond motifs is 1. The van der Waals surface area contributed by atoms with Gasteiger partial charge in [0.05, 0.1) is 22.8 Å². The molecule has 32 heavy (non-hydrogen) atoms. The lowest BCUT2D eigenvalue weighted by atomic mass is 10.1. The van der Waals surface area contributed by atoms with Crippen LogP contribution in [-0.2, 0) is 0 Å². The van der Waals surface area contributed by atoms with Crippen molar-refractivity contribution in [3.8, 4) is 29.8 Å². The summed E-state index contributed by atoms with van der Waals surface area (Å²) in [6.07, 6.45) is 8.69. The fraction of sp³-hybridized carbons (Fsp3) is 0.0385. The molecule has 0 aliphatic rings. The summed E-state index contributed by atoms with van der Waals surface area (Å²) in [5, 5.41) is 8.86. The van der Waals surface area contributed by atoms with Crippen LogP contribution in [0, 0.1) is 29.5 Å². The Hall–Kier alpha value is -4.68. The third-order valence-corrected chi connectivity index (χ3v) is 4.74. The topological polar surface area (TPSA) is 67.9 Å². The van der Waals surface area contributed by atoms with E-state index in [-0.39, 0.29) is 17.5 Å². The molecular weight excluding hydrogens is 405 g/mol. The molecule has 0 aliphatic heterocycles. The molecular formula is C26H16FN3O2. The summed E-state index contributed by atoms with van der Waals surface area (Å²) in [5.74, 6) is 2.54. The van der Waals surface area contributed by atoms with Crippen LogP contribution in [0.3, 0.4) is 0 Å². The molecule has 4 aromatic rings. The number of hydrogen-bond donors (Lipinski definition) is 0. The van der Waals surface area contributed by atoms with Crippen LogP contribution < -0.4 is 10.3 Å². The molecule has 0 radical (unpaired) electrons. The second-order valence-corrected chi connectivity index (χ2v) is 6.80. The summed E-state index contributed by atoms with van der Waals surface area (Å²) in [4.78, 5) is 17.9. The lowest BCUT2D eigenvalue weighted by Crippen LogP contribution is -2.23. The van der Waals surface area contributed by atoms with E-state index in [1.807, 2.05) is 0 Å². The van der Waals surface area contributed by atoms with Crippen molar-refractivity contribution in [3.63, 3.8) is 0 Å². The first-order valence-corrected chi connectivity index (χ1v) is 9.67. The monoisotopic (exact) mass is 421 g/mol. The molecule has 0 saturated carbocycles. The zero-order chi connectivity index (χ0) is 22.5. The van der Waals surface area contributed by atoms with Gasteiger partial charge in [-0.15, -0.1) is 6.42 Å². The van der Waals surface area contributed by atoms with Gasteiger partial charge in [-0.1, -0.05) is 36.3 Å². The number of rotatable bonds is 5. The average molecular weight is 421 g/mol. The number of aromatic nitrogens is 2. The van der Waals surface area contributed by atoms with Crippen molar-refractivity contribution in [2.24, 2.45) is 0 Å². The van der Waals surface area contributed by atoms with Crippen LogP contribution >= 0.6 is 0 Å². The van der Waals surface area contributed by atoms with Gasteiger partial charge in [0, 0.05) is 6.07 Å². The van der Waals surface area contributed by atoms with Gasteiger partial charge in [-0.25, -0.2) is 9.37 Å². The van der Waals surface area contributed by atoms with Crippen molar-refractivity contribution in [1.82, 2.24) is 9.55 Å². The molecule has 1 aromatic heterocycles. The molecule has 0 saturated heterocycles. The Labute approximate surface area is 183 Å². The summed E-state index contributed by atoms with van der Waals surface area (Å²) in [6, 6.07) is 20.1. The number of benzene rings is 3. The molecule has 0 amide bonds. The number of hydrogen-bond acceptors (Lipinski definition) is 4. The summed E-state index contributed by atoms with van der Waals surface area (Å²) in [5.41, 5.74) is 1.53. The van der Waals surface area contributed by atoms with E-state index in [1.165, 1.54) is 16.7 Å². The van der Waals surface area contributed by atoms with Crippen LogP contribution in [0.15, 0.2) is 71.5 Å². The summed E-state index contributed by atoms with van der Waals surface area (Å²) in [6.45, 7) is 0.0778. The Kier molecular flexibility index (Phi) is 5.78. The first kappa shape index (κ1) is 20.6. The second kappa shape index (κ2) is 8.99. The van der Waals surface area contributed by atoms with Crippen LogP contribution in [0.4, 0.5) is 4.39 Å². The van der Waals surface area contributed by atoms with Gasteiger partial charge in [-0.2, -0.15) is 5.26 Å². The van der Waals surface area contributed by atoms with Crippen LogP contribution in [0.5, 0.6) is 5.75 Å². The Morgan fingerprint density at radius 3 is 2.62 bits per heavy atom. The molecule has 0 aliphatic carbocycles.